The summed E-state index contributed by atoms with van der Waals surface area (Å²) in [6, 6.07) is 0. The van der Waals surface area contributed by atoms with Crippen molar-refractivity contribution in [3.63, 3.8) is 0 Å². The smallest absolute Gasteiger partial charge is 0.0843 e. The Bertz CT molecular complexity index is 394. The molecule has 23 heavy (non-hydrogen) atoms. The summed E-state index contributed by atoms with van der Waals surface area (Å²) in [6.07, 6.45) is 5.81. The maximum absolute atomic E-state index is 9.79. The van der Waals surface area contributed by atoms with Crippen LogP contribution >= 0.6 is 15.9 Å². The Hall–Kier alpha value is -0.140. The summed E-state index contributed by atoms with van der Waals surface area (Å²) in [7, 11) is 1.63. The number of hydrogen-bond acceptors (Lipinski definition) is 5. The fraction of sp³-hybridized carbons (Fsp3) is 0.882. The molecule has 0 aliphatic carbocycles. The van der Waals surface area contributed by atoms with Gasteiger partial charge >= 0.3 is 0 Å². The molecule has 1 rings (SSSR count). The molecule has 0 aromatic heterocycles. The molecule has 136 valence electrons. The van der Waals surface area contributed by atoms with Gasteiger partial charge in [0, 0.05) is 23.0 Å². The van der Waals surface area contributed by atoms with Gasteiger partial charge in [-0.1, -0.05) is 22.9 Å². The molecule has 0 saturated carbocycles. The lowest BCUT2D eigenvalue weighted by molar-refractivity contribution is 0.0416. The number of rotatable bonds is 4. The van der Waals surface area contributed by atoms with E-state index in [9.17, 15) is 5.11 Å². The fourth-order valence-electron chi connectivity index (χ4n) is 3.11. The average molecular weight is 393 g/mol. The van der Waals surface area contributed by atoms with E-state index in [2.05, 4.69) is 29.8 Å². The first-order chi connectivity index (χ1) is 10.8. The number of alkyl halides is 1. The third kappa shape index (κ3) is 5.71. The van der Waals surface area contributed by atoms with Gasteiger partial charge in [-0.05, 0) is 50.5 Å². The van der Waals surface area contributed by atoms with E-state index in [-0.39, 0.29) is 18.6 Å². The van der Waals surface area contributed by atoms with Gasteiger partial charge in [0.2, 0.25) is 0 Å². The van der Waals surface area contributed by atoms with Gasteiger partial charge in [0.15, 0.2) is 0 Å². The first-order valence-corrected chi connectivity index (χ1v) is 9.52. The van der Waals surface area contributed by atoms with Crippen LogP contribution in [0.3, 0.4) is 0 Å². The van der Waals surface area contributed by atoms with Crippen LogP contribution in [0.2, 0.25) is 0 Å². The zero-order valence-corrected chi connectivity index (χ0v) is 16.3. The molecule has 4 atom stereocenters. The number of halogens is 1. The lowest BCUT2D eigenvalue weighted by Gasteiger charge is -2.37. The average Bonchev–Trinajstić information content (AvgIpc) is 2.56. The second-order valence-electron chi connectivity index (χ2n) is 6.97. The summed E-state index contributed by atoms with van der Waals surface area (Å²) in [6.45, 7) is 4.75. The van der Waals surface area contributed by atoms with Crippen LogP contribution in [0.5, 0.6) is 0 Å². The Kier molecular flexibility index (Phi) is 8.52. The predicted octanol–water partition coefficient (Wildman–Crippen LogP) is 2.30. The van der Waals surface area contributed by atoms with E-state index in [0.29, 0.717) is 11.9 Å². The van der Waals surface area contributed by atoms with Gasteiger partial charge in [0.05, 0.1) is 26.1 Å². The second-order valence-corrected chi connectivity index (χ2v) is 7.53. The molecule has 5 nitrogen and oxygen atoms in total. The number of hydrogen-bond donors (Lipinski definition) is 3. The fourth-order valence-corrected chi connectivity index (χ4v) is 3.80. The van der Waals surface area contributed by atoms with Crippen molar-refractivity contribution < 1.29 is 14.6 Å². The first kappa shape index (κ1) is 20.9. The largest absolute Gasteiger partial charge is 0.504 e. The van der Waals surface area contributed by atoms with Crippen molar-refractivity contribution in [1.82, 2.24) is 0 Å². The minimum absolute atomic E-state index is 0.0162. The third-order valence-corrected chi connectivity index (χ3v) is 5.91. The maximum atomic E-state index is 9.79. The topological polar surface area (TPSA) is 90.7 Å². The van der Waals surface area contributed by atoms with Gasteiger partial charge in [-0.3, -0.25) is 0 Å². The summed E-state index contributed by atoms with van der Waals surface area (Å²) in [5.41, 5.74) is 13.1. The highest BCUT2D eigenvalue weighted by molar-refractivity contribution is 9.09. The highest BCUT2D eigenvalue weighted by atomic mass is 79.9. The molecule has 5 N–H and O–H groups in total. The van der Waals surface area contributed by atoms with E-state index >= 15 is 0 Å². The van der Waals surface area contributed by atoms with Crippen LogP contribution < -0.4 is 11.5 Å². The monoisotopic (exact) mass is 392 g/mol. The quantitative estimate of drug-likeness (QED) is 0.504. The molecule has 1 aliphatic heterocycles. The van der Waals surface area contributed by atoms with Gasteiger partial charge in [-0.25, -0.2) is 0 Å². The normalized spacial score (nSPS) is 38.0. The van der Waals surface area contributed by atoms with Crippen molar-refractivity contribution in [3.8, 4) is 0 Å². The molecule has 6 heteroatoms. The molecule has 1 fully saturated rings. The van der Waals surface area contributed by atoms with E-state index in [1.807, 2.05) is 0 Å². The molecule has 0 spiro atoms. The maximum Gasteiger partial charge on any atom is 0.0843 e. The van der Waals surface area contributed by atoms with Crippen molar-refractivity contribution in [2.45, 2.75) is 63.1 Å². The highest BCUT2D eigenvalue weighted by Crippen LogP contribution is 2.33. The van der Waals surface area contributed by atoms with E-state index in [0.717, 1.165) is 37.7 Å². The Labute approximate surface area is 148 Å². The standard InChI is InChI=1S/C17H33BrN2O3/c1-13-4-6-16(19,15(10-18)11-22-3)8-9-23-14(2)5-7-17(13,20)12-21/h11,13-14,21H,4-10,12,19-20H2,1-3H3/b15-11-/t13?,14?,16-,17?/m0/s1. The number of ether oxygens (including phenoxy) is 2. The molecule has 0 amide bonds. The molecule has 1 aliphatic rings. The lowest BCUT2D eigenvalue weighted by atomic mass is 9.75. The predicted molar refractivity (Wildman–Crippen MR) is 97.5 cm³/mol. The van der Waals surface area contributed by atoms with Crippen LogP contribution in [0.15, 0.2) is 11.8 Å². The number of aliphatic hydroxyl groups is 1. The van der Waals surface area contributed by atoms with Crippen LogP contribution in [0.4, 0.5) is 0 Å². The van der Waals surface area contributed by atoms with E-state index in [1.54, 1.807) is 13.4 Å². The van der Waals surface area contributed by atoms with Gasteiger partial charge < -0.3 is 26.0 Å². The van der Waals surface area contributed by atoms with Gasteiger partial charge in [-0.15, -0.1) is 0 Å². The van der Waals surface area contributed by atoms with Gasteiger partial charge in [0.25, 0.3) is 0 Å². The lowest BCUT2D eigenvalue weighted by Crippen LogP contribution is -2.51. The minimum Gasteiger partial charge on any atom is -0.504 e. The van der Waals surface area contributed by atoms with Crippen molar-refractivity contribution in [3.05, 3.63) is 11.8 Å². The van der Waals surface area contributed by atoms with Crippen LogP contribution in [0.25, 0.3) is 0 Å². The number of methoxy groups -OCH3 is 1. The van der Waals surface area contributed by atoms with Gasteiger partial charge in [-0.2, -0.15) is 0 Å². The molecule has 1 saturated heterocycles. The van der Waals surface area contributed by atoms with Crippen LogP contribution in [-0.4, -0.2) is 47.9 Å². The second kappa shape index (κ2) is 9.37. The molecular weight excluding hydrogens is 360 g/mol. The highest BCUT2D eigenvalue weighted by Gasteiger charge is 2.36. The molecule has 0 bridgehead atoms. The summed E-state index contributed by atoms with van der Waals surface area (Å²) in [5.74, 6) is 0.180. The van der Waals surface area contributed by atoms with E-state index in [4.69, 9.17) is 20.9 Å². The molecule has 0 radical (unpaired) electrons. The Morgan fingerprint density at radius 1 is 1.30 bits per heavy atom. The van der Waals surface area contributed by atoms with E-state index in [1.165, 1.54) is 0 Å². The number of aliphatic hydroxyl groups excluding tert-OH is 1. The van der Waals surface area contributed by atoms with Crippen LogP contribution in [-0.2, 0) is 9.47 Å². The van der Waals surface area contributed by atoms with Crippen molar-refractivity contribution in [1.29, 1.82) is 0 Å². The summed E-state index contributed by atoms with van der Waals surface area (Å²) in [5, 5.41) is 10.5. The Morgan fingerprint density at radius 2 is 2.00 bits per heavy atom. The van der Waals surface area contributed by atoms with Crippen molar-refractivity contribution >= 4 is 15.9 Å². The number of nitrogens with two attached hydrogens (primary N) is 2. The first-order valence-electron chi connectivity index (χ1n) is 8.40. The summed E-state index contributed by atoms with van der Waals surface area (Å²) < 4.78 is 11.1. The van der Waals surface area contributed by atoms with E-state index < -0.39 is 11.1 Å². The zero-order valence-electron chi connectivity index (χ0n) is 14.7. The molecule has 0 aromatic carbocycles. The third-order valence-electron chi connectivity index (χ3n) is 5.31. The summed E-state index contributed by atoms with van der Waals surface area (Å²) in [4.78, 5) is 0. The molecule has 1 heterocycles. The summed E-state index contributed by atoms with van der Waals surface area (Å²) >= 11 is 3.51. The van der Waals surface area contributed by atoms with Crippen LogP contribution in [0.1, 0.15) is 46.0 Å². The Balaban J connectivity index is 3.01. The van der Waals surface area contributed by atoms with Crippen molar-refractivity contribution in [2.75, 3.05) is 25.7 Å². The van der Waals surface area contributed by atoms with Crippen LogP contribution in [0, 0.1) is 5.92 Å². The zero-order chi connectivity index (χ0) is 17.5. The van der Waals surface area contributed by atoms with Gasteiger partial charge in [0.1, 0.15) is 0 Å². The Morgan fingerprint density at radius 3 is 2.57 bits per heavy atom. The van der Waals surface area contributed by atoms with Crippen molar-refractivity contribution in [2.24, 2.45) is 17.4 Å². The SMILES string of the molecule is CO/C=C(/CBr)[C@@]1(N)CCOC(C)CCC(N)(CO)C(C)CC1. The molecular formula is C17H33BrN2O3. The minimum atomic E-state index is -0.581. The molecule has 3 unspecified atom stereocenters. The molecule has 0 aromatic rings.